The number of nitrogens with zero attached hydrogens (tertiary/aromatic N) is 2. The Labute approximate surface area is 353 Å². The van der Waals surface area contributed by atoms with E-state index >= 15 is 0 Å². The standard InChI is InChI=1S/C58H38N2O/c1-2-12-43-37-44(26-25-39(43)11-1)42-23-21-40(22-24-42)41-27-30-46(31-28-41)59(47-32-34-48(35-33-47)60-55-18-8-4-14-50(55)51-15-5-9-19-56(51)60)54-17-7-3-13-49(54)45-29-36-58-53(38-45)52-16-6-10-20-57(52)61-58/h1-38H. The lowest BCUT2D eigenvalue weighted by Gasteiger charge is -2.28. The summed E-state index contributed by atoms with van der Waals surface area (Å²) in [6.07, 6.45) is 0. The maximum absolute atomic E-state index is 6.23. The molecule has 0 unspecified atom stereocenters. The molecule has 0 aliphatic heterocycles. The van der Waals surface area contributed by atoms with Crippen molar-refractivity contribution in [1.82, 2.24) is 4.57 Å². The maximum atomic E-state index is 6.23. The molecule has 0 amide bonds. The zero-order valence-electron chi connectivity index (χ0n) is 33.2. The highest BCUT2D eigenvalue weighted by atomic mass is 16.3. The highest BCUT2D eigenvalue weighted by Gasteiger charge is 2.19. The number of aromatic nitrogens is 1. The van der Waals surface area contributed by atoms with Crippen LogP contribution in [0.2, 0.25) is 0 Å². The molecule has 0 fully saturated rings. The third kappa shape index (κ3) is 5.98. The predicted molar refractivity (Wildman–Crippen MR) is 257 cm³/mol. The van der Waals surface area contributed by atoms with Gasteiger partial charge in [0.25, 0.3) is 0 Å². The van der Waals surface area contributed by atoms with Gasteiger partial charge in [-0.3, -0.25) is 0 Å². The van der Waals surface area contributed by atoms with E-state index < -0.39 is 0 Å². The van der Waals surface area contributed by atoms with Crippen LogP contribution >= 0.6 is 0 Å². The summed E-state index contributed by atoms with van der Waals surface area (Å²) in [5.41, 5.74) is 15.6. The third-order valence-corrected chi connectivity index (χ3v) is 12.2. The second kappa shape index (κ2) is 14.3. The highest BCUT2D eigenvalue weighted by Crippen LogP contribution is 2.43. The summed E-state index contributed by atoms with van der Waals surface area (Å²) < 4.78 is 8.61. The fraction of sp³-hybridized carbons (Fsp3) is 0. The van der Waals surface area contributed by atoms with Crippen LogP contribution in [0.25, 0.3) is 93.6 Å². The van der Waals surface area contributed by atoms with E-state index in [9.17, 15) is 0 Å². The van der Waals surface area contributed by atoms with Crippen molar-refractivity contribution in [3.63, 3.8) is 0 Å². The van der Waals surface area contributed by atoms with Crippen molar-refractivity contribution in [3.8, 4) is 39.1 Å². The van der Waals surface area contributed by atoms with Gasteiger partial charge in [0.05, 0.1) is 16.7 Å². The zero-order chi connectivity index (χ0) is 40.3. The number of rotatable bonds is 7. The molecule has 2 heterocycles. The topological polar surface area (TPSA) is 21.3 Å². The van der Waals surface area contributed by atoms with Crippen LogP contribution in [-0.2, 0) is 0 Å². The summed E-state index contributed by atoms with van der Waals surface area (Å²) in [5.74, 6) is 0. The minimum Gasteiger partial charge on any atom is -0.456 e. The Kier molecular flexibility index (Phi) is 8.17. The van der Waals surface area contributed by atoms with Gasteiger partial charge in [-0.25, -0.2) is 0 Å². The SMILES string of the molecule is c1ccc(N(c2ccc(-c3ccc(-c4ccc5ccccc5c4)cc3)cc2)c2ccc(-n3c4ccccc4c4ccccc43)cc2)c(-c2ccc3oc4ccccc4c3c2)c1. The van der Waals surface area contributed by atoms with Crippen molar-refractivity contribution in [3.05, 3.63) is 231 Å². The molecule has 0 bridgehead atoms. The van der Waals surface area contributed by atoms with Crippen LogP contribution in [0.4, 0.5) is 17.1 Å². The lowest BCUT2D eigenvalue weighted by Crippen LogP contribution is -2.11. The largest absolute Gasteiger partial charge is 0.456 e. The van der Waals surface area contributed by atoms with Crippen molar-refractivity contribution in [1.29, 1.82) is 0 Å². The van der Waals surface area contributed by atoms with Gasteiger partial charge in [0, 0.05) is 44.2 Å². The summed E-state index contributed by atoms with van der Waals surface area (Å²) in [4.78, 5) is 2.38. The van der Waals surface area contributed by atoms with Gasteiger partial charge in [0.2, 0.25) is 0 Å². The monoisotopic (exact) mass is 778 g/mol. The van der Waals surface area contributed by atoms with Gasteiger partial charge in [-0.05, 0) is 117 Å². The van der Waals surface area contributed by atoms with Gasteiger partial charge in [0.15, 0.2) is 0 Å². The fourth-order valence-corrected chi connectivity index (χ4v) is 9.21. The molecule has 3 heteroatoms. The van der Waals surface area contributed by atoms with Crippen LogP contribution in [-0.4, -0.2) is 4.57 Å². The molecule has 61 heavy (non-hydrogen) atoms. The van der Waals surface area contributed by atoms with Gasteiger partial charge < -0.3 is 13.9 Å². The minimum atomic E-state index is 0.890. The van der Waals surface area contributed by atoms with Gasteiger partial charge in [-0.15, -0.1) is 0 Å². The smallest absolute Gasteiger partial charge is 0.135 e. The van der Waals surface area contributed by atoms with E-state index in [0.717, 1.165) is 55.8 Å². The van der Waals surface area contributed by atoms with Crippen molar-refractivity contribution >= 4 is 71.6 Å². The zero-order valence-corrected chi connectivity index (χ0v) is 33.2. The molecule has 0 saturated heterocycles. The molecule has 0 spiro atoms. The Balaban J connectivity index is 0.957. The number of furan rings is 1. The van der Waals surface area contributed by atoms with Crippen LogP contribution in [0, 0.1) is 0 Å². The van der Waals surface area contributed by atoms with Gasteiger partial charge in [0.1, 0.15) is 11.2 Å². The lowest BCUT2D eigenvalue weighted by molar-refractivity contribution is 0.669. The molecular formula is C58H38N2O. The Morgan fingerprint density at radius 2 is 0.836 bits per heavy atom. The molecule has 0 N–H and O–H groups in total. The average Bonchev–Trinajstić information content (AvgIpc) is 3.88. The van der Waals surface area contributed by atoms with Crippen LogP contribution in [0.3, 0.4) is 0 Å². The number of hydrogen-bond acceptors (Lipinski definition) is 2. The Hall–Kier alpha value is -8.14. The summed E-state index contributed by atoms with van der Waals surface area (Å²) in [7, 11) is 0. The molecule has 10 aromatic carbocycles. The first-order valence-electron chi connectivity index (χ1n) is 20.8. The first-order valence-corrected chi connectivity index (χ1v) is 20.8. The number of benzene rings is 10. The Morgan fingerprint density at radius 3 is 1.56 bits per heavy atom. The van der Waals surface area contributed by atoms with Crippen LogP contribution < -0.4 is 4.90 Å². The van der Waals surface area contributed by atoms with E-state index in [0.29, 0.717) is 0 Å². The van der Waals surface area contributed by atoms with E-state index in [1.165, 1.54) is 54.8 Å². The van der Waals surface area contributed by atoms with Gasteiger partial charge >= 0.3 is 0 Å². The molecule has 3 nitrogen and oxygen atoms in total. The van der Waals surface area contributed by atoms with E-state index in [1.54, 1.807) is 0 Å². The molecule has 0 radical (unpaired) electrons. The second-order valence-electron chi connectivity index (χ2n) is 15.7. The number of fused-ring (bicyclic) bond motifs is 7. The highest BCUT2D eigenvalue weighted by molar-refractivity contribution is 6.09. The quantitative estimate of drug-likeness (QED) is 0.161. The summed E-state index contributed by atoms with van der Waals surface area (Å²) in [6, 6.07) is 83.0. The van der Waals surface area contributed by atoms with E-state index in [4.69, 9.17) is 4.42 Å². The van der Waals surface area contributed by atoms with Crippen molar-refractivity contribution < 1.29 is 4.42 Å². The maximum Gasteiger partial charge on any atom is 0.135 e. The summed E-state index contributed by atoms with van der Waals surface area (Å²) >= 11 is 0. The first-order chi connectivity index (χ1) is 30.2. The van der Waals surface area contributed by atoms with Crippen molar-refractivity contribution in [2.45, 2.75) is 0 Å². The van der Waals surface area contributed by atoms with E-state index in [-0.39, 0.29) is 0 Å². The molecule has 2 aromatic heterocycles. The van der Waals surface area contributed by atoms with Crippen molar-refractivity contribution in [2.24, 2.45) is 0 Å². The normalized spacial score (nSPS) is 11.6. The van der Waals surface area contributed by atoms with Crippen molar-refractivity contribution in [2.75, 3.05) is 4.90 Å². The van der Waals surface area contributed by atoms with Crippen LogP contribution in [0.1, 0.15) is 0 Å². The second-order valence-corrected chi connectivity index (χ2v) is 15.7. The molecule has 0 atom stereocenters. The Bertz CT molecular complexity index is 3520. The summed E-state index contributed by atoms with van der Waals surface area (Å²) in [5, 5.41) is 7.25. The molecule has 0 saturated carbocycles. The number of hydrogen-bond donors (Lipinski definition) is 0. The fourth-order valence-electron chi connectivity index (χ4n) is 9.21. The Morgan fingerprint density at radius 1 is 0.328 bits per heavy atom. The van der Waals surface area contributed by atoms with Gasteiger partial charge in [-0.2, -0.15) is 0 Å². The molecule has 0 aliphatic rings. The first kappa shape index (κ1) is 34.9. The van der Waals surface area contributed by atoms with Crippen LogP contribution in [0.5, 0.6) is 0 Å². The molecule has 0 aliphatic carbocycles. The molecule has 12 rings (SSSR count). The lowest BCUT2D eigenvalue weighted by atomic mass is 9.98. The third-order valence-electron chi connectivity index (χ3n) is 12.2. The average molecular weight is 779 g/mol. The molecule has 286 valence electrons. The molecule has 12 aromatic rings. The summed E-state index contributed by atoms with van der Waals surface area (Å²) in [6.45, 7) is 0. The molecular weight excluding hydrogens is 741 g/mol. The van der Waals surface area contributed by atoms with E-state index in [2.05, 4.69) is 228 Å². The minimum absolute atomic E-state index is 0.890. The predicted octanol–water partition coefficient (Wildman–Crippen LogP) is 16.3. The van der Waals surface area contributed by atoms with E-state index in [1.807, 2.05) is 12.1 Å². The van der Waals surface area contributed by atoms with Gasteiger partial charge in [-0.1, -0.05) is 152 Å². The van der Waals surface area contributed by atoms with Crippen LogP contribution in [0.15, 0.2) is 235 Å². The number of para-hydroxylation sites is 4. The number of anilines is 3.